The summed E-state index contributed by atoms with van der Waals surface area (Å²) >= 11 is 0. The lowest BCUT2D eigenvalue weighted by Gasteiger charge is -2.04. The third-order valence-electron chi connectivity index (χ3n) is 1.61. The van der Waals surface area contributed by atoms with Gasteiger partial charge in [-0.1, -0.05) is 12.2 Å². The van der Waals surface area contributed by atoms with Crippen molar-refractivity contribution in [1.29, 1.82) is 0 Å². The molecule has 14 heavy (non-hydrogen) atoms. The second-order valence-corrected chi connectivity index (χ2v) is 2.71. The first-order chi connectivity index (χ1) is 6.74. The fourth-order valence-corrected chi connectivity index (χ4v) is 0.896. The molecule has 0 radical (unpaired) electrons. The lowest BCUT2D eigenvalue weighted by Crippen LogP contribution is -2.30. The summed E-state index contributed by atoms with van der Waals surface area (Å²) in [5.74, 6) is 0.522. The van der Waals surface area contributed by atoms with Gasteiger partial charge in [-0.15, -0.1) is 0 Å². The lowest BCUT2D eigenvalue weighted by molar-refractivity contribution is 0.361. The standard InChI is InChI=1S/C9H12BNO3/c1-2-3-4-14-9-5-8(10(12)13)6-11-7-9/h2-3,5-7,12-13H,4H2,1H3. The molecule has 2 N–H and O–H groups in total. The highest BCUT2D eigenvalue weighted by atomic mass is 16.5. The zero-order valence-corrected chi connectivity index (χ0v) is 7.92. The number of hydrogen-bond donors (Lipinski definition) is 2. The van der Waals surface area contributed by atoms with Crippen LogP contribution in [0.25, 0.3) is 0 Å². The Balaban J connectivity index is 2.64. The summed E-state index contributed by atoms with van der Waals surface area (Å²) in [5.41, 5.74) is 0.322. The van der Waals surface area contributed by atoms with Gasteiger partial charge < -0.3 is 14.8 Å². The molecule has 0 bridgehead atoms. The van der Waals surface area contributed by atoms with Crippen molar-refractivity contribution >= 4 is 12.6 Å². The fourth-order valence-electron chi connectivity index (χ4n) is 0.896. The van der Waals surface area contributed by atoms with Crippen LogP contribution >= 0.6 is 0 Å². The van der Waals surface area contributed by atoms with E-state index in [0.29, 0.717) is 17.8 Å². The molecule has 0 saturated carbocycles. The Morgan fingerprint density at radius 2 is 2.29 bits per heavy atom. The second-order valence-electron chi connectivity index (χ2n) is 2.71. The van der Waals surface area contributed by atoms with Crippen molar-refractivity contribution in [3.05, 3.63) is 30.6 Å². The Morgan fingerprint density at radius 1 is 1.50 bits per heavy atom. The fraction of sp³-hybridized carbons (Fsp3) is 0.222. The zero-order valence-electron chi connectivity index (χ0n) is 7.92. The van der Waals surface area contributed by atoms with Crippen LogP contribution in [0.2, 0.25) is 0 Å². The first-order valence-electron chi connectivity index (χ1n) is 4.29. The molecule has 0 unspecified atom stereocenters. The SMILES string of the molecule is CC=CCOc1cncc(B(O)O)c1. The minimum Gasteiger partial charge on any atom is -0.488 e. The molecule has 0 aromatic carbocycles. The van der Waals surface area contributed by atoms with E-state index < -0.39 is 7.12 Å². The Morgan fingerprint density at radius 3 is 2.93 bits per heavy atom. The third-order valence-corrected chi connectivity index (χ3v) is 1.61. The summed E-state index contributed by atoms with van der Waals surface area (Å²) in [6, 6.07) is 1.54. The molecule has 0 aliphatic rings. The van der Waals surface area contributed by atoms with Crippen molar-refractivity contribution < 1.29 is 14.8 Å². The molecule has 0 amide bonds. The van der Waals surface area contributed by atoms with Crippen LogP contribution in [0.1, 0.15) is 6.92 Å². The normalized spacial score (nSPS) is 10.5. The van der Waals surface area contributed by atoms with Crippen LogP contribution in [0, 0.1) is 0 Å². The third kappa shape index (κ3) is 3.20. The largest absolute Gasteiger partial charge is 0.490 e. The molecule has 1 aromatic heterocycles. The van der Waals surface area contributed by atoms with Crippen LogP contribution in [0.4, 0.5) is 0 Å². The van der Waals surface area contributed by atoms with E-state index in [1.54, 1.807) is 6.07 Å². The van der Waals surface area contributed by atoms with Crippen molar-refractivity contribution in [1.82, 2.24) is 4.98 Å². The average Bonchev–Trinajstić information content (AvgIpc) is 2.19. The summed E-state index contributed by atoms with van der Waals surface area (Å²) in [5, 5.41) is 17.7. The number of allylic oxidation sites excluding steroid dienone is 1. The van der Waals surface area contributed by atoms with Crippen molar-refractivity contribution in [3.8, 4) is 5.75 Å². The van der Waals surface area contributed by atoms with Gasteiger partial charge in [-0.3, -0.25) is 4.98 Å². The van der Waals surface area contributed by atoms with Gasteiger partial charge in [0.15, 0.2) is 0 Å². The number of pyridine rings is 1. The van der Waals surface area contributed by atoms with Gasteiger partial charge in [-0.25, -0.2) is 0 Å². The molecule has 0 atom stereocenters. The van der Waals surface area contributed by atoms with E-state index in [4.69, 9.17) is 14.8 Å². The first kappa shape index (κ1) is 10.8. The van der Waals surface area contributed by atoms with E-state index in [9.17, 15) is 0 Å². The lowest BCUT2D eigenvalue weighted by atomic mass is 9.82. The van der Waals surface area contributed by atoms with Gasteiger partial charge in [0.1, 0.15) is 12.4 Å². The smallest absolute Gasteiger partial charge is 0.488 e. The maximum atomic E-state index is 8.87. The minimum absolute atomic E-state index is 0.322. The molecule has 5 heteroatoms. The van der Waals surface area contributed by atoms with E-state index in [-0.39, 0.29) is 0 Å². The van der Waals surface area contributed by atoms with Crippen molar-refractivity contribution in [2.75, 3.05) is 6.61 Å². The van der Waals surface area contributed by atoms with Crippen LogP contribution in [0.5, 0.6) is 5.75 Å². The highest BCUT2D eigenvalue weighted by Gasteiger charge is 2.11. The first-order valence-corrected chi connectivity index (χ1v) is 4.29. The van der Waals surface area contributed by atoms with E-state index in [0.717, 1.165) is 0 Å². The molecule has 0 fully saturated rings. The Kier molecular flexibility index (Phi) is 4.16. The molecule has 1 rings (SSSR count). The quantitative estimate of drug-likeness (QED) is 0.509. The molecule has 1 heterocycles. The zero-order chi connectivity index (χ0) is 10.4. The molecule has 0 spiro atoms. The predicted molar refractivity (Wildman–Crippen MR) is 54.4 cm³/mol. The van der Waals surface area contributed by atoms with Crippen LogP contribution in [0.3, 0.4) is 0 Å². The van der Waals surface area contributed by atoms with Gasteiger partial charge in [0.05, 0.1) is 6.20 Å². The van der Waals surface area contributed by atoms with Gasteiger partial charge in [-0.05, 0) is 13.0 Å². The number of rotatable bonds is 4. The molecule has 4 nitrogen and oxygen atoms in total. The Labute approximate surface area is 83.0 Å². The van der Waals surface area contributed by atoms with Crippen LogP contribution < -0.4 is 10.2 Å². The van der Waals surface area contributed by atoms with E-state index in [1.807, 2.05) is 19.1 Å². The van der Waals surface area contributed by atoms with Gasteiger partial charge in [0, 0.05) is 11.7 Å². The van der Waals surface area contributed by atoms with Crippen LogP contribution in [-0.4, -0.2) is 28.8 Å². The van der Waals surface area contributed by atoms with E-state index in [2.05, 4.69) is 4.98 Å². The maximum absolute atomic E-state index is 8.87. The van der Waals surface area contributed by atoms with Gasteiger partial charge in [0.2, 0.25) is 0 Å². The molecular weight excluding hydrogens is 181 g/mol. The summed E-state index contributed by atoms with van der Waals surface area (Å²) in [6.45, 7) is 2.35. The van der Waals surface area contributed by atoms with E-state index in [1.165, 1.54) is 12.4 Å². The highest BCUT2D eigenvalue weighted by Crippen LogP contribution is 2.04. The summed E-state index contributed by atoms with van der Waals surface area (Å²) in [6.07, 6.45) is 6.63. The highest BCUT2D eigenvalue weighted by molar-refractivity contribution is 6.58. The summed E-state index contributed by atoms with van der Waals surface area (Å²) in [4.78, 5) is 3.82. The van der Waals surface area contributed by atoms with Crippen LogP contribution in [-0.2, 0) is 0 Å². The molecule has 0 aliphatic heterocycles. The second kappa shape index (κ2) is 5.41. The Bertz CT molecular complexity index is 315. The molecule has 0 aliphatic carbocycles. The predicted octanol–water partition coefficient (Wildman–Crippen LogP) is -0.284. The number of hydrogen-bond acceptors (Lipinski definition) is 4. The monoisotopic (exact) mass is 193 g/mol. The maximum Gasteiger partial charge on any atom is 0.490 e. The number of nitrogens with zero attached hydrogens (tertiary/aromatic N) is 1. The van der Waals surface area contributed by atoms with Crippen molar-refractivity contribution in [2.45, 2.75) is 6.92 Å². The summed E-state index contributed by atoms with van der Waals surface area (Å²) < 4.78 is 5.27. The molecule has 0 saturated heterocycles. The molecule has 74 valence electrons. The van der Waals surface area contributed by atoms with Crippen molar-refractivity contribution in [3.63, 3.8) is 0 Å². The van der Waals surface area contributed by atoms with Crippen LogP contribution in [0.15, 0.2) is 30.6 Å². The summed E-state index contributed by atoms with van der Waals surface area (Å²) in [7, 11) is -1.51. The number of ether oxygens (including phenoxy) is 1. The minimum atomic E-state index is -1.51. The van der Waals surface area contributed by atoms with E-state index >= 15 is 0 Å². The molecule has 1 aromatic rings. The average molecular weight is 193 g/mol. The van der Waals surface area contributed by atoms with Crippen molar-refractivity contribution in [2.24, 2.45) is 0 Å². The molecular formula is C9H12BNO3. The Hall–Kier alpha value is -1.33. The van der Waals surface area contributed by atoms with Gasteiger partial charge >= 0.3 is 7.12 Å². The topological polar surface area (TPSA) is 62.6 Å². The van der Waals surface area contributed by atoms with Gasteiger partial charge in [-0.2, -0.15) is 0 Å². The van der Waals surface area contributed by atoms with Gasteiger partial charge in [0.25, 0.3) is 0 Å². The number of aromatic nitrogens is 1.